The highest BCUT2D eigenvalue weighted by molar-refractivity contribution is 5.77. The van der Waals surface area contributed by atoms with E-state index in [4.69, 9.17) is 5.11 Å². The van der Waals surface area contributed by atoms with Gasteiger partial charge in [0.25, 0.3) is 0 Å². The van der Waals surface area contributed by atoms with Crippen LogP contribution in [0.25, 0.3) is 0 Å². The van der Waals surface area contributed by atoms with Gasteiger partial charge in [0.05, 0.1) is 0 Å². The molecule has 13 heavy (non-hydrogen) atoms. The van der Waals surface area contributed by atoms with Gasteiger partial charge < -0.3 is 5.11 Å². The van der Waals surface area contributed by atoms with Crippen LogP contribution in [0.4, 0.5) is 0 Å². The minimum atomic E-state index is -0.760. The average molecular weight is 187 g/mol. The Hall–Kier alpha value is -0.570. The second-order valence-electron chi connectivity index (χ2n) is 4.15. The summed E-state index contributed by atoms with van der Waals surface area (Å²) in [6, 6.07) is 0.269. The highest BCUT2D eigenvalue weighted by atomic mass is 16.4. The molecule has 0 aliphatic carbocycles. The summed E-state index contributed by atoms with van der Waals surface area (Å²) >= 11 is 0. The van der Waals surface area contributed by atoms with Crippen molar-refractivity contribution in [1.29, 1.82) is 0 Å². The molecular formula is C10H21NO2. The predicted molar refractivity (Wildman–Crippen MR) is 53.8 cm³/mol. The zero-order valence-electron chi connectivity index (χ0n) is 9.29. The lowest BCUT2D eigenvalue weighted by molar-refractivity contribution is -0.150. The van der Waals surface area contributed by atoms with Crippen molar-refractivity contribution in [1.82, 2.24) is 4.90 Å². The summed E-state index contributed by atoms with van der Waals surface area (Å²) < 4.78 is 0. The molecule has 0 unspecified atom stereocenters. The summed E-state index contributed by atoms with van der Waals surface area (Å²) in [7, 11) is 0. The van der Waals surface area contributed by atoms with Crippen molar-refractivity contribution in [3.05, 3.63) is 0 Å². The normalized spacial score (nSPS) is 12.5. The van der Waals surface area contributed by atoms with Crippen LogP contribution in [0, 0.1) is 0 Å². The van der Waals surface area contributed by atoms with Gasteiger partial charge in [-0.05, 0) is 40.7 Å². The summed E-state index contributed by atoms with van der Waals surface area (Å²) in [4.78, 5) is 13.0. The SMILES string of the molecule is CCCN(C(C)C)C(C)(C)C(=O)O. The molecular weight excluding hydrogens is 166 g/mol. The molecule has 0 fully saturated rings. The van der Waals surface area contributed by atoms with Crippen LogP contribution >= 0.6 is 0 Å². The molecule has 0 saturated heterocycles. The Morgan fingerprint density at radius 2 is 1.92 bits per heavy atom. The molecule has 0 aromatic heterocycles. The fourth-order valence-electron chi connectivity index (χ4n) is 1.55. The van der Waals surface area contributed by atoms with E-state index in [0.717, 1.165) is 13.0 Å². The monoisotopic (exact) mass is 187 g/mol. The maximum atomic E-state index is 11.0. The van der Waals surface area contributed by atoms with Gasteiger partial charge in [0.1, 0.15) is 5.54 Å². The summed E-state index contributed by atoms with van der Waals surface area (Å²) in [6.07, 6.45) is 0.981. The number of hydrogen-bond acceptors (Lipinski definition) is 2. The third-order valence-electron chi connectivity index (χ3n) is 2.33. The molecule has 0 atom stereocenters. The summed E-state index contributed by atoms with van der Waals surface area (Å²) in [5.74, 6) is -0.755. The Bertz CT molecular complexity index is 176. The van der Waals surface area contributed by atoms with Crippen LogP contribution in [-0.2, 0) is 4.79 Å². The van der Waals surface area contributed by atoms with E-state index in [9.17, 15) is 4.79 Å². The van der Waals surface area contributed by atoms with Gasteiger partial charge in [0, 0.05) is 6.04 Å². The van der Waals surface area contributed by atoms with E-state index in [1.54, 1.807) is 13.8 Å². The third-order valence-corrected chi connectivity index (χ3v) is 2.33. The summed E-state index contributed by atoms with van der Waals surface area (Å²) in [5.41, 5.74) is -0.760. The maximum Gasteiger partial charge on any atom is 0.323 e. The van der Waals surface area contributed by atoms with E-state index in [2.05, 4.69) is 6.92 Å². The van der Waals surface area contributed by atoms with E-state index in [1.165, 1.54) is 0 Å². The van der Waals surface area contributed by atoms with Gasteiger partial charge in [-0.25, -0.2) is 0 Å². The van der Waals surface area contributed by atoms with Crippen LogP contribution in [0.15, 0.2) is 0 Å². The first-order valence-electron chi connectivity index (χ1n) is 4.84. The molecule has 0 heterocycles. The second kappa shape index (κ2) is 4.61. The Labute approximate surface area is 80.7 Å². The molecule has 0 spiro atoms. The molecule has 3 heteroatoms. The van der Waals surface area contributed by atoms with Crippen molar-refractivity contribution < 1.29 is 9.90 Å². The topological polar surface area (TPSA) is 40.5 Å². The lowest BCUT2D eigenvalue weighted by Gasteiger charge is -2.38. The number of carbonyl (C=O) groups is 1. The predicted octanol–water partition coefficient (Wildman–Crippen LogP) is 1.97. The van der Waals surface area contributed by atoms with Crippen LogP contribution < -0.4 is 0 Å². The molecule has 0 saturated carbocycles. The van der Waals surface area contributed by atoms with Crippen LogP contribution in [0.2, 0.25) is 0 Å². The number of nitrogens with zero attached hydrogens (tertiary/aromatic N) is 1. The zero-order valence-corrected chi connectivity index (χ0v) is 9.29. The molecule has 78 valence electrons. The van der Waals surface area contributed by atoms with Gasteiger partial charge in [-0.3, -0.25) is 9.69 Å². The van der Waals surface area contributed by atoms with Gasteiger partial charge in [-0.2, -0.15) is 0 Å². The van der Waals surface area contributed by atoms with E-state index >= 15 is 0 Å². The Morgan fingerprint density at radius 1 is 1.46 bits per heavy atom. The standard InChI is InChI=1S/C10H21NO2/c1-6-7-11(8(2)3)10(4,5)9(12)13/h8H,6-7H2,1-5H3,(H,12,13). The largest absolute Gasteiger partial charge is 0.480 e. The summed E-state index contributed by atoms with van der Waals surface area (Å²) in [6.45, 7) is 10.5. The number of aliphatic carboxylic acids is 1. The van der Waals surface area contributed by atoms with Crippen molar-refractivity contribution in [3.63, 3.8) is 0 Å². The maximum absolute atomic E-state index is 11.0. The molecule has 0 radical (unpaired) electrons. The lowest BCUT2D eigenvalue weighted by Crippen LogP contribution is -2.53. The summed E-state index contributed by atoms with van der Waals surface area (Å²) in [5, 5.41) is 9.05. The third kappa shape index (κ3) is 2.99. The zero-order chi connectivity index (χ0) is 10.6. The first-order valence-corrected chi connectivity index (χ1v) is 4.84. The van der Waals surface area contributed by atoms with E-state index in [1.807, 2.05) is 18.7 Å². The van der Waals surface area contributed by atoms with Crippen LogP contribution in [0.3, 0.4) is 0 Å². The first kappa shape index (κ1) is 12.4. The van der Waals surface area contributed by atoms with Crippen molar-refractivity contribution in [2.45, 2.75) is 52.6 Å². The van der Waals surface area contributed by atoms with Crippen LogP contribution in [0.5, 0.6) is 0 Å². The van der Waals surface area contributed by atoms with E-state index in [0.29, 0.717) is 0 Å². The fraction of sp³-hybridized carbons (Fsp3) is 0.900. The minimum absolute atomic E-state index is 0.269. The number of rotatable bonds is 5. The van der Waals surface area contributed by atoms with Crippen LogP contribution in [0.1, 0.15) is 41.0 Å². The van der Waals surface area contributed by atoms with Crippen molar-refractivity contribution in [3.8, 4) is 0 Å². The van der Waals surface area contributed by atoms with Gasteiger partial charge in [-0.1, -0.05) is 6.92 Å². The molecule has 0 rings (SSSR count). The molecule has 1 N–H and O–H groups in total. The van der Waals surface area contributed by atoms with Gasteiger partial charge in [0.15, 0.2) is 0 Å². The van der Waals surface area contributed by atoms with E-state index < -0.39 is 11.5 Å². The van der Waals surface area contributed by atoms with Crippen molar-refractivity contribution in [2.75, 3.05) is 6.54 Å². The molecule has 0 aromatic carbocycles. The van der Waals surface area contributed by atoms with Gasteiger partial charge in [0.2, 0.25) is 0 Å². The molecule has 0 aliphatic rings. The Kier molecular flexibility index (Phi) is 4.40. The fourth-order valence-corrected chi connectivity index (χ4v) is 1.55. The average Bonchev–Trinajstić information content (AvgIpc) is 1.98. The highest BCUT2D eigenvalue weighted by Gasteiger charge is 2.35. The quantitative estimate of drug-likeness (QED) is 0.715. The minimum Gasteiger partial charge on any atom is -0.480 e. The van der Waals surface area contributed by atoms with Gasteiger partial charge in [-0.15, -0.1) is 0 Å². The number of hydrogen-bond donors (Lipinski definition) is 1. The number of carboxylic acid groups (broad SMARTS) is 1. The highest BCUT2D eigenvalue weighted by Crippen LogP contribution is 2.18. The molecule has 0 bridgehead atoms. The Morgan fingerprint density at radius 3 is 2.15 bits per heavy atom. The molecule has 0 aliphatic heterocycles. The first-order chi connectivity index (χ1) is 5.84. The van der Waals surface area contributed by atoms with E-state index in [-0.39, 0.29) is 6.04 Å². The number of carboxylic acids is 1. The lowest BCUT2D eigenvalue weighted by atomic mass is 10.0. The molecule has 0 aromatic rings. The smallest absolute Gasteiger partial charge is 0.323 e. The molecule has 0 amide bonds. The van der Waals surface area contributed by atoms with Crippen LogP contribution in [-0.4, -0.2) is 34.1 Å². The van der Waals surface area contributed by atoms with Crippen molar-refractivity contribution >= 4 is 5.97 Å². The van der Waals surface area contributed by atoms with Gasteiger partial charge >= 0.3 is 5.97 Å². The Balaban J connectivity index is 4.61. The second-order valence-corrected chi connectivity index (χ2v) is 4.15. The van der Waals surface area contributed by atoms with Crippen molar-refractivity contribution in [2.24, 2.45) is 0 Å². The molecule has 3 nitrogen and oxygen atoms in total.